The third-order valence-electron chi connectivity index (χ3n) is 7.67. The van der Waals surface area contributed by atoms with Gasteiger partial charge in [-0.25, -0.2) is 9.59 Å². The van der Waals surface area contributed by atoms with E-state index < -0.39 is 6.16 Å². The van der Waals surface area contributed by atoms with Gasteiger partial charge in [-0.15, -0.1) is 0 Å². The number of benzene rings is 2. The van der Waals surface area contributed by atoms with Gasteiger partial charge in [0.25, 0.3) is 0 Å². The van der Waals surface area contributed by atoms with Gasteiger partial charge in [-0.3, -0.25) is 14.6 Å². The van der Waals surface area contributed by atoms with Crippen LogP contribution in [0.5, 0.6) is 11.5 Å². The van der Waals surface area contributed by atoms with Crippen LogP contribution in [0.1, 0.15) is 50.8 Å². The fourth-order valence-corrected chi connectivity index (χ4v) is 5.29. The van der Waals surface area contributed by atoms with E-state index in [1.807, 2.05) is 24.3 Å². The number of ether oxygens (including phenoxy) is 2. The highest BCUT2D eigenvalue weighted by atomic mass is 35.5. The van der Waals surface area contributed by atoms with Gasteiger partial charge >= 0.3 is 12.2 Å². The minimum absolute atomic E-state index is 0.111. The topological polar surface area (TPSA) is 120 Å². The number of nitrogens with zero attached hydrogens (tertiary/aromatic N) is 3. The van der Waals surface area contributed by atoms with E-state index in [4.69, 9.17) is 36.1 Å². The molecule has 0 aromatic heterocycles. The average molecular weight is 590 g/mol. The molecule has 2 atom stereocenters. The van der Waals surface area contributed by atoms with E-state index in [2.05, 4.69) is 43.9 Å². The third kappa shape index (κ3) is 8.74. The zero-order chi connectivity index (χ0) is 30.3. The lowest BCUT2D eigenvalue weighted by Gasteiger charge is -2.32. The Morgan fingerprint density at radius 2 is 1.78 bits per heavy atom. The Bertz CT molecular complexity index is 1220. The highest BCUT2D eigenvalue weighted by molar-refractivity contribution is 6.30. The van der Waals surface area contributed by atoms with E-state index in [1.54, 1.807) is 14.2 Å². The van der Waals surface area contributed by atoms with Gasteiger partial charge in [0.2, 0.25) is 5.91 Å². The number of carboxylic acid groups (broad SMARTS) is 2. The second-order valence-corrected chi connectivity index (χ2v) is 11.5. The lowest BCUT2D eigenvalue weighted by molar-refractivity contribution is -0.125. The molecule has 2 aliphatic rings. The molecule has 1 saturated carbocycles. The molecular weight excluding hydrogens is 550 g/mol. The second kappa shape index (κ2) is 13.9. The van der Waals surface area contributed by atoms with E-state index in [1.165, 1.54) is 21.8 Å². The Hall–Kier alpha value is -3.50. The van der Waals surface area contributed by atoms with Crippen LogP contribution in [0.25, 0.3) is 0 Å². The molecule has 3 amide bonds. The maximum absolute atomic E-state index is 12.1. The van der Waals surface area contributed by atoms with Crippen molar-refractivity contribution in [1.82, 2.24) is 14.7 Å². The number of carbonyl (C=O) groups is 3. The molecule has 0 radical (unpaired) electrons. The smallest absolute Gasteiger partial charge is 0.493 e. The molecule has 4 rings (SSSR count). The monoisotopic (exact) mass is 589 g/mol. The van der Waals surface area contributed by atoms with Crippen LogP contribution < -0.4 is 9.47 Å². The summed E-state index contributed by atoms with van der Waals surface area (Å²) in [7, 11) is 3.24. The Balaban J connectivity index is 0.00000108. The van der Waals surface area contributed by atoms with Crippen molar-refractivity contribution in [2.24, 2.45) is 11.3 Å². The van der Waals surface area contributed by atoms with Gasteiger partial charge in [-0.1, -0.05) is 50.6 Å². The highest BCUT2D eigenvalue weighted by Crippen LogP contribution is 2.52. The van der Waals surface area contributed by atoms with Crippen LogP contribution in [0.4, 0.5) is 9.59 Å². The van der Waals surface area contributed by atoms with Crippen LogP contribution in [0.2, 0.25) is 5.02 Å². The van der Waals surface area contributed by atoms with Crippen LogP contribution in [0.3, 0.4) is 0 Å². The first-order chi connectivity index (χ1) is 19.4. The molecule has 10 nitrogen and oxygen atoms in total. The van der Waals surface area contributed by atoms with Crippen molar-refractivity contribution in [3.63, 3.8) is 0 Å². The summed E-state index contributed by atoms with van der Waals surface area (Å²) in [6.07, 6.45) is 0.407. The largest absolute Gasteiger partial charge is 0.503 e. The zero-order valence-electron chi connectivity index (χ0n) is 24.3. The number of urea groups is 1. The molecule has 1 aliphatic carbocycles. The predicted octanol–water partition coefficient (Wildman–Crippen LogP) is 5.84. The van der Waals surface area contributed by atoms with Crippen molar-refractivity contribution in [2.45, 2.75) is 46.2 Å². The molecule has 1 aliphatic heterocycles. The molecule has 2 aromatic carbocycles. The first-order valence-electron chi connectivity index (χ1n) is 13.6. The van der Waals surface area contributed by atoms with Crippen LogP contribution >= 0.6 is 11.6 Å². The molecule has 1 saturated heterocycles. The Morgan fingerprint density at radius 3 is 2.29 bits per heavy atom. The van der Waals surface area contributed by atoms with Crippen LogP contribution in [0, 0.1) is 11.3 Å². The number of likely N-dealkylation sites (N-methyl/N-ethyl adjacent to an activating group) is 1. The summed E-state index contributed by atoms with van der Waals surface area (Å²) in [6.45, 7) is 9.25. The van der Waals surface area contributed by atoms with Gasteiger partial charge in [0, 0.05) is 31.2 Å². The van der Waals surface area contributed by atoms with Crippen molar-refractivity contribution in [3.05, 3.63) is 58.6 Å². The van der Waals surface area contributed by atoms with Gasteiger partial charge < -0.3 is 24.6 Å². The van der Waals surface area contributed by atoms with Crippen molar-refractivity contribution >= 4 is 29.7 Å². The SMILES string of the molecule is CC[C@@H](c1ccc(Cl)cc1)N(Cc1ccc(OCCN2C(=O)CN(C)C2=O)c(OC)c1)C[C@H]1CC1(C)C.O=C(O)O. The van der Waals surface area contributed by atoms with Gasteiger partial charge in [-0.05, 0) is 59.6 Å². The minimum atomic E-state index is -1.83. The normalized spacial score (nSPS) is 18.2. The molecule has 2 N–H and O–H groups in total. The molecule has 2 fully saturated rings. The maximum atomic E-state index is 12.1. The Morgan fingerprint density at radius 1 is 1.15 bits per heavy atom. The second-order valence-electron chi connectivity index (χ2n) is 11.1. The standard InChI is InChI=1S/C29H38ClN3O4.CH2O3/c1-6-24(21-8-10-23(30)11-9-21)32(18-22-16-29(22,2)3)17-20-7-12-25(26(15-20)36-5)37-14-13-33-27(34)19-31(4)28(33)35;2-1(3)4/h7-12,15,22,24H,6,13-14,16-19H2,1-5H3;(H2,2,3,4)/t22-,24+;/m1./s1. The molecule has 0 bridgehead atoms. The lowest BCUT2D eigenvalue weighted by Crippen LogP contribution is -2.35. The number of methoxy groups -OCH3 is 1. The lowest BCUT2D eigenvalue weighted by atomic mass is 10.0. The summed E-state index contributed by atoms with van der Waals surface area (Å²) in [5.41, 5.74) is 2.80. The van der Waals surface area contributed by atoms with E-state index in [9.17, 15) is 9.59 Å². The van der Waals surface area contributed by atoms with E-state index in [0.717, 1.165) is 30.1 Å². The van der Waals surface area contributed by atoms with E-state index in [0.29, 0.717) is 22.8 Å². The predicted molar refractivity (Wildman–Crippen MR) is 156 cm³/mol. The zero-order valence-corrected chi connectivity index (χ0v) is 25.1. The summed E-state index contributed by atoms with van der Waals surface area (Å²) in [5.74, 6) is 1.70. The molecule has 11 heteroatoms. The highest BCUT2D eigenvalue weighted by Gasteiger charge is 2.46. The molecular formula is C30H40ClN3O7. The summed E-state index contributed by atoms with van der Waals surface area (Å²) < 4.78 is 11.6. The summed E-state index contributed by atoms with van der Waals surface area (Å²) >= 11 is 6.17. The Kier molecular flexibility index (Phi) is 10.9. The molecule has 224 valence electrons. The van der Waals surface area contributed by atoms with Crippen LogP contribution in [0.15, 0.2) is 42.5 Å². The Labute approximate surface area is 246 Å². The number of carbonyl (C=O) groups excluding carboxylic acids is 2. The van der Waals surface area contributed by atoms with Gasteiger partial charge in [0.1, 0.15) is 13.2 Å². The fraction of sp³-hybridized carbons (Fsp3) is 0.500. The quantitative estimate of drug-likeness (QED) is 0.296. The molecule has 2 aromatic rings. The maximum Gasteiger partial charge on any atom is 0.503 e. The van der Waals surface area contributed by atoms with Gasteiger partial charge in [0.05, 0.1) is 13.7 Å². The van der Waals surface area contributed by atoms with E-state index >= 15 is 0 Å². The number of halogens is 1. The third-order valence-corrected chi connectivity index (χ3v) is 7.92. The summed E-state index contributed by atoms with van der Waals surface area (Å²) in [4.78, 5) is 37.8. The van der Waals surface area contributed by atoms with Crippen LogP contribution in [-0.2, 0) is 11.3 Å². The number of imide groups is 1. The van der Waals surface area contributed by atoms with E-state index in [-0.39, 0.29) is 37.7 Å². The molecule has 1 heterocycles. The summed E-state index contributed by atoms with van der Waals surface area (Å²) in [6, 6.07) is 14.2. The van der Waals surface area contributed by atoms with Crippen molar-refractivity contribution in [2.75, 3.05) is 40.4 Å². The number of hydrogen-bond donors (Lipinski definition) is 2. The van der Waals surface area contributed by atoms with Crippen molar-refractivity contribution < 1.29 is 34.1 Å². The number of hydrogen-bond acceptors (Lipinski definition) is 6. The first kappa shape index (κ1) is 32.0. The molecule has 41 heavy (non-hydrogen) atoms. The van der Waals surface area contributed by atoms with Crippen molar-refractivity contribution in [1.29, 1.82) is 0 Å². The number of rotatable bonds is 12. The minimum Gasteiger partial charge on any atom is -0.493 e. The van der Waals surface area contributed by atoms with Crippen molar-refractivity contribution in [3.8, 4) is 11.5 Å². The van der Waals surface area contributed by atoms with Crippen LogP contribution in [-0.4, -0.2) is 83.4 Å². The molecule has 0 spiro atoms. The average Bonchev–Trinajstić information content (AvgIpc) is 3.44. The fourth-order valence-electron chi connectivity index (χ4n) is 5.16. The molecule has 0 unspecified atom stereocenters. The number of amides is 3. The summed E-state index contributed by atoms with van der Waals surface area (Å²) in [5, 5.41) is 14.7. The first-order valence-corrected chi connectivity index (χ1v) is 14.0. The van der Waals surface area contributed by atoms with Gasteiger partial charge in [-0.2, -0.15) is 0 Å². The van der Waals surface area contributed by atoms with Gasteiger partial charge in [0.15, 0.2) is 11.5 Å².